The fourth-order valence-electron chi connectivity index (χ4n) is 12.2. The van der Waals surface area contributed by atoms with E-state index in [4.69, 9.17) is 51.9 Å². The lowest BCUT2D eigenvalue weighted by Crippen LogP contribution is -2.02. The minimum absolute atomic E-state index is 0.127. The van der Waals surface area contributed by atoms with Crippen molar-refractivity contribution in [1.29, 1.82) is 0 Å². The third kappa shape index (κ3) is 28.2. The fourth-order valence-corrected chi connectivity index (χ4v) is 16.9. The molecule has 0 aliphatic heterocycles. The van der Waals surface area contributed by atoms with E-state index >= 15 is 0 Å². The van der Waals surface area contributed by atoms with Gasteiger partial charge in [0.1, 0.15) is 40.7 Å². The molecule has 19 aromatic rings. The van der Waals surface area contributed by atoms with Crippen LogP contribution in [0.5, 0.6) is 5.75 Å². The van der Waals surface area contributed by atoms with Gasteiger partial charge in [0.15, 0.2) is 0 Å². The van der Waals surface area contributed by atoms with Crippen LogP contribution in [0.25, 0.3) is 45.0 Å². The van der Waals surface area contributed by atoms with E-state index in [-0.39, 0.29) is 41.3 Å². The third-order valence-corrected chi connectivity index (χ3v) is 24.3. The molecule has 19 rings (SSSR count). The van der Waals surface area contributed by atoms with E-state index in [0.717, 1.165) is 100 Å². The number of aromatic nitrogens is 18. The van der Waals surface area contributed by atoms with Crippen molar-refractivity contribution in [3.05, 3.63) is 375 Å². The second-order valence-electron chi connectivity index (χ2n) is 28.0. The summed E-state index contributed by atoms with van der Waals surface area (Å²) >= 11 is 20.8. The lowest BCUT2D eigenvalue weighted by Gasteiger charge is -2.12. The first-order valence-corrected chi connectivity index (χ1v) is 45.2. The summed E-state index contributed by atoms with van der Waals surface area (Å²) in [6.45, 7) is 1.88. The van der Waals surface area contributed by atoms with Gasteiger partial charge in [-0.2, -0.15) is 24.9 Å². The number of hydrogen-bond acceptors (Lipinski definition) is 34. The largest absolute Gasteiger partial charge is 0.508 e. The Balaban J connectivity index is 0.000000128. The number of benzene rings is 6. The van der Waals surface area contributed by atoms with Crippen LogP contribution < -0.4 is 55.3 Å². The second kappa shape index (κ2) is 46.5. The van der Waals surface area contributed by atoms with Crippen molar-refractivity contribution in [2.75, 3.05) is 55.3 Å². The standard InChI is InChI=1S/C20H14Cl2N6S.C20H15FN6S.2C20H16N6S.C17H16N4OS/c21-15-9-13(10-16(22)19(15)29-14-3-7-25-8-4-14)26-18-11-17(27-20(23)28-18)12-1-5-24-6-2-12;21-16-11-14(1-2-18(16)28-15-5-9-24-10-6-15)25-19-12-17(26-20(22)27-19)13-3-7-23-8-4-13;21-20-25-18(14-5-9-22-10-6-14)13-19(26-20)24-15-1-3-16(4-2-15)27-17-7-11-23-12-8-17;21-20-25-18(14-2-1-9-23-13-14)12-19(26-20)24-15-3-5-16(6-4-15)27-17-7-10-22-11-8-17;1-11-10-16(21-17(18)19-11)20-12-2-6-14(7-3-12)23-15-8-4-13(22)5-9-15/h1-11H,(H3,23,26,27,28);1-12H,(H3,22,25,26,27);2*1-13H,(H3,21,24,25,26);2-10,22H,1H3,(H3,18,19,20,21). The molecule has 37 heteroatoms. The summed E-state index contributed by atoms with van der Waals surface area (Å²) in [6, 6.07) is 79.4. The van der Waals surface area contributed by atoms with E-state index in [9.17, 15) is 9.50 Å². The molecule has 16 N–H and O–H groups in total. The molecule has 0 bridgehead atoms. The molecule has 13 aromatic heterocycles. The van der Waals surface area contributed by atoms with Crippen LogP contribution in [0.3, 0.4) is 0 Å². The minimum atomic E-state index is -0.330. The van der Waals surface area contributed by atoms with Crippen molar-refractivity contribution >= 4 is 169 Å². The number of hydrogen-bond donors (Lipinski definition) is 11. The molecule has 0 spiro atoms. The molecule has 662 valence electrons. The van der Waals surface area contributed by atoms with Crippen LogP contribution in [0.15, 0.2) is 403 Å². The summed E-state index contributed by atoms with van der Waals surface area (Å²) in [5.74, 6) is 3.88. The summed E-state index contributed by atoms with van der Waals surface area (Å²) in [6.07, 6.45) is 27.6. The van der Waals surface area contributed by atoms with Crippen LogP contribution >= 0.6 is 82.0 Å². The average molecular weight is 1900 g/mol. The SMILES string of the molecule is Cc1cc(Nc2ccc(Sc3ccc(O)cc3)cc2)nc(N)n1.Nc1nc(Nc2cc(Cl)c(Sc3ccncc3)c(Cl)c2)cc(-c2ccncc2)n1.Nc1nc(Nc2ccc(Sc3ccncc3)c(F)c2)cc(-c2ccncc2)n1.Nc1nc(Nc2ccc(Sc3ccncc3)cc2)cc(-c2cccnc2)n1.Nc1nc(Nc2ccc(Sc3ccncc3)cc2)cc(-c2ccncc2)n1. The Morgan fingerprint density at radius 2 is 0.560 bits per heavy atom. The van der Waals surface area contributed by atoms with Gasteiger partial charge in [0, 0.05) is 235 Å². The maximum Gasteiger partial charge on any atom is 0.222 e. The van der Waals surface area contributed by atoms with Crippen molar-refractivity contribution in [3.8, 4) is 50.8 Å². The lowest BCUT2D eigenvalue weighted by atomic mass is 10.2. The summed E-state index contributed by atoms with van der Waals surface area (Å²) < 4.78 is 14.5. The summed E-state index contributed by atoms with van der Waals surface area (Å²) in [7, 11) is 0. The number of phenolic OH excluding ortho intramolecular Hbond substituents is 1. The zero-order valence-electron chi connectivity index (χ0n) is 70.5. The average Bonchev–Trinajstić information content (AvgIpc) is 0.816. The van der Waals surface area contributed by atoms with Gasteiger partial charge < -0.3 is 60.4 Å². The van der Waals surface area contributed by atoms with Gasteiger partial charge in [-0.25, -0.2) is 29.3 Å². The molecule has 0 saturated heterocycles. The summed E-state index contributed by atoms with van der Waals surface area (Å²) in [4.78, 5) is 84.4. The van der Waals surface area contributed by atoms with Crippen LogP contribution in [0, 0.1) is 12.7 Å². The maximum absolute atomic E-state index is 14.5. The zero-order chi connectivity index (χ0) is 92.8. The number of nitrogens with zero attached hydrogens (tertiary/aromatic N) is 18. The zero-order valence-corrected chi connectivity index (χ0v) is 76.1. The molecular weight excluding hydrogens is 1820 g/mol. The minimum Gasteiger partial charge on any atom is -0.508 e. The van der Waals surface area contributed by atoms with E-state index in [2.05, 4.69) is 141 Å². The van der Waals surface area contributed by atoms with Crippen LogP contribution in [0.1, 0.15) is 5.69 Å². The molecule has 0 fully saturated rings. The highest BCUT2D eigenvalue weighted by Crippen LogP contribution is 2.42. The number of phenols is 1. The molecule has 0 radical (unpaired) electrons. The molecule has 0 saturated carbocycles. The van der Waals surface area contributed by atoms with Crippen molar-refractivity contribution in [1.82, 2.24) is 89.7 Å². The van der Waals surface area contributed by atoms with Gasteiger partial charge in [-0.05, 0) is 231 Å². The van der Waals surface area contributed by atoms with Crippen molar-refractivity contribution < 1.29 is 9.50 Å². The van der Waals surface area contributed by atoms with Crippen LogP contribution in [-0.2, 0) is 0 Å². The number of nitrogen functional groups attached to an aromatic ring is 5. The molecule has 0 aliphatic rings. The number of pyridine rings is 8. The van der Waals surface area contributed by atoms with Gasteiger partial charge in [0.25, 0.3) is 0 Å². The Morgan fingerprint density at radius 3 is 0.903 bits per heavy atom. The Bertz CT molecular complexity index is 6840. The topological polar surface area (TPSA) is 442 Å². The quantitative estimate of drug-likeness (QED) is 0.0268. The molecular formula is C97H77Cl2FN28OS5. The van der Waals surface area contributed by atoms with E-state index in [1.54, 1.807) is 183 Å². The summed E-state index contributed by atoms with van der Waals surface area (Å²) in [5.41, 5.74) is 40.3. The number of aromatic hydroxyl groups is 1. The lowest BCUT2D eigenvalue weighted by molar-refractivity contribution is 0.475. The Labute approximate surface area is 799 Å². The number of nitrogens with one attached hydrogen (secondary N) is 5. The first kappa shape index (κ1) is 92.7. The van der Waals surface area contributed by atoms with Gasteiger partial charge in [-0.15, -0.1) is 0 Å². The van der Waals surface area contributed by atoms with Gasteiger partial charge in [-0.3, -0.25) is 39.9 Å². The highest BCUT2D eigenvalue weighted by atomic mass is 35.5. The number of nitrogens with two attached hydrogens (primary N) is 5. The first-order valence-electron chi connectivity index (χ1n) is 40.4. The Morgan fingerprint density at radius 1 is 0.269 bits per heavy atom. The normalized spacial score (nSPS) is 10.6. The van der Waals surface area contributed by atoms with Gasteiger partial charge in [-0.1, -0.05) is 82.0 Å². The number of rotatable bonds is 24. The number of halogens is 3. The molecule has 29 nitrogen and oxygen atoms in total. The van der Waals surface area contributed by atoms with Crippen LogP contribution in [0.4, 0.5) is 91.7 Å². The first-order chi connectivity index (χ1) is 65.3. The van der Waals surface area contributed by atoms with E-state index in [1.165, 1.54) is 29.6 Å². The highest BCUT2D eigenvalue weighted by Gasteiger charge is 2.17. The van der Waals surface area contributed by atoms with Crippen LogP contribution in [0.2, 0.25) is 10.0 Å². The maximum atomic E-state index is 14.5. The van der Waals surface area contributed by atoms with Gasteiger partial charge in [0.05, 0.1) is 32.8 Å². The molecule has 0 unspecified atom stereocenters. The Kier molecular flexibility index (Phi) is 32.2. The monoisotopic (exact) mass is 1900 g/mol. The summed E-state index contributed by atoms with van der Waals surface area (Å²) in [5, 5.41) is 26.4. The van der Waals surface area contributed by atoms with Gasteiger partial charge >= 0.3 is 0 Å². The predicted molar refractivity (Wildman–Crippen MR) is 534 cm³/mol. The molecule has 0 atom stereocenters. The molecule has 0 amide bonds. The van der Waals surface area contributed by atoms with Crippen molar-refractivity contribution in [2.24, 2.45) is 0 Å². The molecule has 13 heterocycles. The molecule has 134 heavy (non-hydrogen) atoms. The molecule has 6 aromatic carbocycles. The van der Waals surface area contributed by atoms with E-state index in [0.29, 0.717) is 66.8 Å². The highest BCUT2D eigenvalue weighted by molar-refractivity contribution is 8.00. The smallest absolute Gasteiger partial charge is 0.222 e. The third-order valence-electron chi connectivity index (χ3n) is 18.2. The van der Waals surface area contributed by atoms with Crippen molar-refractivity contribution in [3.63, 3.8) is 0 Å². The molecule has 0 aliphatic carbocycles. The van der Waals surface area contributed by atoms with Gasteiger partial charge in [0.2, 0.25) is 29.7 Å². The van der Waals surface area contributed by atoms with Crippen LogP contribution in [-0.4, -0.2) is 94.8 Å². The predicted octanol–water partition coefficient (Wildman–Crippen LogP) is 23.1. The fraction of sp³-hybridized carbons (Fsp3) is 0.0103. The van der Waals surface area contributed by atoms with Crippen molar-refractivity contribution in [2.45, 2.75) is 55.9 Å². The Hall–Kier alpha value is -16.0. The second-order valence-corrected chi connectivity index (χ2v) is 34.5. The van der Waals surface area contributed by atoms with E-state index < -0.39 is 0 Å². The number of anilines is 15. The number of aryl methyl sites for hydroxylation is 1. The van der Waals surface area contributed by atoms with E-state index in [1.807, 2.05) is 183 Å².